The predicted octanol–water partition coefficient (Wildman–Crippen LogP) is 0.533. The molecule has 0 unspecified atom stereocenters. The van der Waals surface area contributed by atoms with Crippen molar-refractivity contribution in [3.63, 3.8) is 0 Å². The van der Waals surface area contributed by atoms with Gasteiger partial charge in [0.05, 0.1) is 12.2 Å². The van der Waals surface area contributed by atoms with Crippen molar-refractivity contribution in [3.05, 3.63) is 22.2 Å². The lowest BCUT2D eigenvalue weighted by Crippen LogP contribution is -2.11. The first-order valence-corrected chi connectivity index (χ1v) is 3.49. The third kappa shape index (κ3) is 1.98. The molecule has 0 saturated heterocycles. The molecule has 5 nitrogen and oxygen atoms in total. The summed E-state index contributed by atoms with van der Waals surface area (Å²) in [6, 6.07) is 1.05. The van der Waals surface area contributed by atoms with Crippen LogP contribution in [0.1, 0.15) is 24.3 Å². The number of ether oxygens (including phenoxy) is 1. The van der Waals surface area contributed by atoms with Crippen LogP contribution in [0.5, 0.6) is 0 Å². The molecule has 0 atom stereocenters. The van der Waals surface area contributed by atoms with Crippen LogP contribution in [0, 0.1) is 0 Å². The normalized spacial score (nSPS) is 10.2. The predicted molar refractivity (Wildman–Crippen MR) is 39.9 cm³/mol. The van der Waals surface area contributed by atoms with E-state index in [-0.39, 0.29) is 11.8 Å². The number of aromatic nitrogens is 1. The fourth-order valence-corrected chi connectivity index (χ4v) is 0.660. The maximum Gasteiger partial charge on any atom is 0.358 e. The number of aromatic amines is 1. The second kappa shape index (κ2) is 3.25. The molecule has 0 bridgehead atoms. The highest BCUT2D eigenvalue weighted by molar-refractivity contribution is 5.86. The average molecular weight is 171 g/mol. The first-order valence-electron chi connectivity index (χ1n) is 3.49. The lowest BCUT2D eigenvalue weighted by atomic mass is 10.4. The van der Waals surface area contributed by atoms with E-state index in [1.54, 1.807) is 13.8 Å². The Hall–Kier alpha value is -1.52. The molecular formula is C7H9NO4. The smallest absolute Gasteiger partial charge is 0.358 e. The quantitative estimate of drug-likeness (QED) is 0.659. The zero-order valence-electron chi connectivity index (χ0n) is 6.79. The second-order valence-electron chi connectivity index (χ2n) is 2.54. The number of rotatable bonds is 2. The van der Waals surface area contributed by atoms with E-state index in [0.29, 0.717) is 0 Å². The van der Waals surface area contributed by atoms with Gasteiger partial charge in [-0.15, -0.1) is 0 Å². The Kier molecular flexibility index (Phi) is 2.32. The molecule has 0 spiro atoms. The van der Waals surface area contributed by atoms with Crippen LogP contribution in [0.25, 0.3) is 0 Å². The molecular weight excluding hydrogens is 162 g/mol. The van der Waals surface area contributed by atoms with E-state index in [2.05, 4.69) is 9.68 Å². The minimum Gasteiger partial charge on any atom is -0.458 e. The molecule has 0 aliphatic heterocycles. The minimum atomic E-state index is -0.592. The molecule has 0 fully saturated rings. The van der Waals surface area contributed by atoms with E-state index in [4.69, 9.17) is 4.74 Å². The molecule has 0 radical (unpaired) electrons. The summed E-state index contributed by atoms with van der Waals surface area (Å²) in [4.78, 5) is 21.5. The van der Waals surface area contributed by atoms with Crippen molar-refractivity contribution in [3.8, 4) is 0 Å². The summed E-state index contributed by atoms with van der Waals surface area (Å²) in [5.74, 6) is -0.587. The molecule has 0 aliphatic carbocycles. The number of carbonyl (C=O) groups is 1. The van der Waals surface area contributed by atoms with E-state index in [1.807, 2.05) is 0 Å². The van der Waals surface area contributed by atoms with Crippen LogP contribution in [0.4, 0.5) is 0 Å². The third-order valence-electron chi connectivity index (χ3n) is 1.09. The molecule has 66 valence electrons. The van der Waals surface area contributed by atoms with Gasteiger partial charge in [-0.3, -0.25) is 0 Å². The lowest BCUT2D eigenvalue weighted by Gasteiger charge is -2.04. The molecule has 1 heterocycles. The van der Waals surface area contributed by atoms with Gasteiger partial charge in [-0.05, 0) is 13.8 Å². The monoisotopic (exact) mass is 171 g/mol. The van der Waals surface area contributed by atoms with E-state index in [9.17, 15) is 9.59 Å². The molecule has 1 rings (SSSR count). The maximum atomic E-state index is 11.0. The van der Waals surface area contributed by atoms with Gasteiger partial charge in [0.1, 0.15) is 0 Å². The van der Waals surface area contributed by atoms with Gasteiger partial charge in [-0.25, -0.2) is 14.7 Å². The van der Waals surface area contributed by atoms with Crippen LogP contribution in [0.3, 0.4) is 0 Å². The Morgan fingerprint density at radius 2 is 2.33 bits per heavy atom. The van der Waals surface area contributed by atoms with Crippen molar-refractivity contribution in [2.75, 3.05) is 0 Å². The van der Waals surface area contributed by atoms with Crippen molar-refractivity contribution < 1.29 is 14.1 Å². The largest absolute Gasteiger partial charge is 0.458 e. The zero-order valence-corrected chi connectivity index (χ0v) is 6.79. The van der Waals surface area contributed by atoms with Crippen LogP contribution in [-0.2, 0) is 4.74 Å². The van der Waals surface area contributed by atoms with E-state index in [0.717, 1.165) is 6.07 Å². The Bertz CT molecular complexity index is 322. The molecule has 1 aromatic rings. The Labute approximate surface area is 68.3 Å². The van der Waals surface area contributed by atoms with Gasteiger partial charge in [-0.1, -0.05) is 0 Å². The van der Waals surface area contributed by atoms with Crippen molar-refractivity contribution in [1.29, 1.82) is 0 Å². The first-order chi connectivity index (χ1) is 5.59. The zero-order chi connectivity index (χ0) is 9.14. The van der Waals surface area contributed by atoms with Gasteiger partial charge in [0, 0.05) is 0 Å². The number of carbonyl (C=O) groups excluding carboxylic acids is 1. The van der Waals surface area contributed by atoms with Crippen molar-refractivity contribution in [2.24, 2.45) is 0 Å². The molecule has 0 aliphatic rings. The van der Waals surface area contributed by atoms with Crippen LogP contribution in [0.2, 0.25) is 0 Å². The standard InChI is InChI=1S/C7H9NO4/c1-4(2)11-7(10)5-3-6(9)12-8-5/h3-4,8H,1-2H3. The Morgan fingerprint density at radius 1 is 1.67 bits per heavy atom. The molecule has 1 N–H and O–H groups in total. The van der Waals surface area contributed by atoms with Crippen LogP contribution >= 0.6 is 0 Å². The highest BCUT2D eigenvalue weighted by Gasteiger charge is 2.11. The van der Waals surface area contributed by atoms with Crippen molar-refractivity contribution in [2.45, 2.75) is 20.0 Å². The van der Waals surface area contributed by atoms with Gasteiger partial charge in [0.15, 0.2) is 5.69 Å². The Morgan fingerprint density at radius 3 is 2.75 bits per heavy atom. The number of esters is 1. The van der Waals surface area contributed by atoms with Gasteiger partial charge in [0.25, 0.3) is 0 Å². The van der Waals surface area contributed by atoms with Crippen LogP contribution in [-0.4, -0.2) is 17.2 Å². The van der Waals surface area contributed by atoms with Crippen molar-refractivity contribution in [1.82, 2.24) is 5.16 Å². The Balaban J connectivity index is 2.72. The van der Waals surface area contributed by atoms with Gasteiger partial charge in [0.2, 0.25) is 0 Å². The topological polar surface area (TPSA) is 72.3 Å². The summed E-state index contributed by atoms with van der Waals surface area (Å²) >= 11 is 0. The van der Waals surface area contributed by atoms with Gasteiger partial charge >= 0.3 is 11.6 Å². The number of hydrogen-bond donors (Lipinski definition) is 1. The van der Waals surface area contributed by atoms with E-state index in [1.165, 1.54) is 0 Å². The second-order valence-corrected chi connectivity index (χ2v) is 2.54. The fraction of sp³-hybridized carbons (Fsp3) is 0.429. The lowest BCUT2D eigenvalue weighted by molar-refractivity contribution is 0.0366. The number of hydrogen-bond acceptors (Lipinski definition) is 4. The SMILES string of the molecule is CC(C)OC(=O)c1cc(=O)o[nH]1. The third-order valence-corrected chi connectivity index (χ3v) is 1.09. The fourth-order valence-electron chi connectivity index (χ4n) is 0.660. The van der Waals surface area contributed by atoms with Crippen LogP contribution in [0.15, 0.2) is 15.4 Å². The highest BCUT2D eigenvalue weighted by Crippen LogP contribution is 1.97. The molecule has 0 saturated carbocycles. The summed E-state index contributed by atoms with van der Waals surface area (Å²) < 4.78 is 9.07. The molecule has 1 aromatic heterocycles. The molecule has 12 heavy (non-hydrogen) atoms. The van der Waals surface area contributed by atoms with Gasteiger partial charge in [-0.2, -0.15) is 0 Å². The number of H-pyrrole nitrogens is 1. The average Bonchev–Trinajstić information content (AvgIpc) is 2.34. The summed E-state index contributed by atoms with van der Waals surface area (Å²) in [6.07, 6.45) is -0.212. The minimum absolute atomic E-state index is 0.0358. The molecule has 0 amide bonds. The first kappa shape index (κ1) is 8.58. The number of nitrogens with one attached hydrogen (secondary N) is 1. The van der Waals surface area contributed by atoms with E-state index < -0.39 is 11.6 Å². The summed E-state index contributed by atoms with van der Waals surface area (Å²) in [5, 5.41) is 2.15. The van der Waals surface area contributed by atoms with Crippen LogP contribution < -0.4 is 5.63 Å². The highest BCUT2D eigenvalue weighted by atomic mass is 16.5. The van der Waals surface area contributed by atoms with Gasteiger partial charge < -0.3 is 9.26 Å². The summed E-state index contributed by atoms with van der Waals surface area (Å²) in [5.41, 5.74) is -0.556. The molecule has 5 heteroatoms. The summed E-state index contributed by atoms with van der Waals surface area (Å²) in [6.45, 7) is 3.44. The maximum absolute atomic E-state index is 11.0. The summed E-state index contributed by atoms with van der Waals surface area (Å²) in [7, 11) is 0. The molecule has 0 aromatic carbocycles. The van der Waals surface area contributed by atoms with Crippen molar-refractivity contribution >= 4 is 5.97 Å². The van der Waals surface area contributed by atoms with E-state index >= 15 is 0 Å².